The van der Waals surface area contributed by atoms with Crippen LogP contribution < -0.4 is 4.90 Å². The van der Waals surface area contributed by atoms with Crippen molar-refractivity contribution < 1.29 is 9.90 Å². The minimum absolute atomic E-state index is 0.912. The summed E-state index contributed by atoms with van der Waals surface area (Å²) in [6, 6.07) is 6.01. The number of aliphatic carboxylic acids is 1. The van der Waals surface area contributed by atoms with Crippen molar-refractivity contribution in [3.63, 3.8) is 0 Å². The Balaban J connectivity index is 2.69. The van der Waals surface area contributed by atoms with Crippen LogP contribution in [0, 0.1) is 6.92 Å². The van der Waals surface area contributed by atoms with Gasteiger partial charge < -0.3 is 14.9 Å². The summed E-state index contributed by atoms with van der Waals surface area (Å²) >= 11 is 0. The van der Waals surface area contributed by atoms with Gasteiger partial charge in [0.2, 0.25) is 0 Å². The first-order chi connectivity index (χ1) is 9.40. The van der Waals surface area contributed by atoms with Crippen LogP contribution in [-0.2, 0) is 4.79 Å². The van der Waals surface area contributed by atoms with Crippen LogP contribution >= 0.6 is 0 Å². The van der Waals surface area contributed by atoms with Crippen LogP contribution in [0.1, 0.15) is 17.5 Å². The summed E-state index contributed by atoms with van der Waals surface area (Å²) in [4.78, 5) is 14.9. The third-order valence-corrected chi connectivity index (χ3v) is 3.15. The number of nitrogens with zero attached hydrogens (tertiary/aromatic N) is 2. The first-order valence-electron chi connectivity index (χ1n) is 6.77. The van der Waals surface area contributed by atoms with Gasteiger partial charge in [-0.3, -0.25) is 0 Å². The second kappa shape index (κ2) is 7.70. The highest BCUT2D eigenvalue weighted by Gasteiger charge is 2.05. The Kier molecular flexibility index (Phi) is 6.25. The molecule has 1 aromatic rings. The van der Waals surface area contributed by atoms with Gasteiger partial charge in [0.15, 0.2) is 0 Å². The van der Waals surface area contributed by atoms with Gasteiger partial charge in [-0.2, -0.15) is 0 Å². The lowest BCUT2D eigenvalue weighted by atomic mass is 10.1. The van der Waals surface area contributed by atoms with Gasteiger partial charge in [-0.25, -0.2) is 4.79 Å². The summed E-state index contributed by atoms with van der Waals surface area (Å²) < 4.78 is 0. The van der Waals surface area contributed by atoms with Gasteiger partial charge in [-0.05, 0) is 63.3 Å². The van der Waals surface area contributed by atoms with Crippen molar-refractivity contribution >= 4 is 17.7 Å². The molecule has 0 spiro atoms. The highest BCUT2D eigenvalue weighted by molar-refractivity contribution is 5.85. The predicted molar refractivity (Wildman–Crippen MR) is 84.3 cm³/mol. The average Bonchev–Trinajstić information content (AvgIpc) is 2.35. The molecule has 4 heteroatoms. The maximum Gasteiger partial charge on any atom is 0.328 e. The Morgan fingerprint density at radius 1 is 1.25 bits per heavy atom. The Hall–Kier alpha value is -1.81. The summed E-state index contributed by atoms with van der Waals surface area (Å²) in [6.45, 7) is 4.13. The van der Waals surface area contributed by atoms with Crippen LogP contribution in [0.25, 0.3) is 6.08 Å². The first-order valence-corrected chi connectivity index (χ1v) is 6.77. The predicted octanol–water partition coefficient (Wildman–Crippen LogP) is 2.48. The summed E-state index contributed by atoms with van der Waals surface area (Å²) in [5.41, 5.74) is 3.26. The van der Waals surface area contributed by atoms with E-state index in [1.54, 1.807) is 6.08 Å². The molecule has 20 heavy (non-hydrogen) atoms. The Morgan fingerprint density at radius 3 is 2.50 bits per heavy atom. The van der Waals surface area contributed by atoms with Gasteiger partial charge >= 0.3 is 5.97 Å². The quantitative estimate of drug-likeness (QED) is 0.777. The molecular formula is C16H24N2O2. The molecule has 0 saturated carbocycles. The van der Waals surface area contributed by atoms with Crippen molar-refractivity contribution in [2.24, 2.45) is 0 Å². The van der Waals surface area contributed by atoms with Gasteiger partial charge in [0.25, 0.3) is 0 Å². The zero-order valence-corrected chi connectivity index (χ0v) is 12.8. The monoisotopic (exact) mass is 276 g/mol. The molecule has 0 heterocycles. The van der Waals surface area contributed by atoms with Crippen LogP contribution in [0.4, 0.5) is 5.69 Å². The number of aryl methyl sites for hydroxylation is 1. The minimum atomic E-state index is -0.924. The van der Waals surface area contributed by atoms with Gasteiger partial charge in [0.1, 0.15) is 0 Å². The molecule has 0 aliphatic rings. The summed E-state index contributed by atoms with van der Waals surface area (Å²) in [5, 5.41) is 8.63. The molecule has 110 valence electrons. The zero-order chi connectivity index (χ0) is 15.1. The van der Waals surface area contributed by atoms with E-state index in [9.17, 15) is 4.79 Å². The molecule has 0 atom stereocenters. The van der Waals surface area contributed by atoms with E-state index in [-0.39, 0.29) is 0 Å². The maximum absolute atomic E-state index is 10.5. The van der Waals surface area contributed by atoms with Crippen molar-refractivity contribution in [3.05, 3.63) is 35.4 Å². The van der Waals surface area contributed by atoms with Crippen LogP contribution in [0.2, 0.25) is 0 Å². The van der Waals surface area contributed by atoms with E-state index in [1.165, 1.54) is 5.69 Å². The fourth-order valence-corrected chi connectivity index (χ4v) is 2.12. The molecule has 0 aromatic heterocycles. The van der Waals surface area contributed by atoms with Gasteiger partial charge in [0, 0.05) is 25.4 Å². The average molecular weight is 276 g/mol. The Bertz CT molecular complexity index is 481. The fraction of sp³-hybridized carbons (Fsp3) is 0.438. The topological polar surface area (TPSA) is 43.8 Å². The smallest absolute Gasteiger partial charge is 0.328 e. The normalized spacial score (nSPS) is 11.2. The number of carboxylic acid groups (broad SMARTS) is 1. The van der Waals surface area contributed by atoms with Gasteiger partial charge in [-0.15, -0.1) is 0 Å². The van der Waals surface area contributed by atoms with Crippen molar-refractivity contribution in [1.29, 1.82) is 0 Å². The molecule has 0 radical (unpaired) electrons. The van der Waals surface area contributed by atoms with Crippen molar-refractivity contribution in [1.82, 2.24) is 4.90 Å². The maximum atomic E-state index is 10.5. The lowest BCUT2D eigenvalue weighted by Gasteiger charge is -2.22. The van der Waals surface area contributed by atoms with Gasteiger partial charge in [-0.1, -0.05) is 6.07 Å². The molecule has 0 amide bonds. The molecule has 0 bridgehead atoms. The van der Waals surface area contributed by atoms with E-state index in [4.69, 9.17) is 5.11 Å². The molecule has 0 saturated heterocycles. The number of carboxylic acids is 1. The first kappa shape index (κ1) is 16.2. The van der Waals surface area contributed by atoms with E-state index in [2.05, 4.69) is 37.9 Å². The van der Waals surface area contributed by atoms with Gasteiger partial charge in [0.05, 0.1) is 0 Å². The molecule has 0 unspecified atom stereocenters. The SMILES string of the molecule is Cc1cc(C=CC(=O)O)ccc1N(C)CCCN(C)C. The number of rotatable bonds is 7. The fourth-order valence-electron chi connectivity index (χ4n) is 2.12. The Morgan fingerprint density at radius 2 is 1.95 bits per heavy atom. The molecule has 0 aliphatic carbocycles. The lowest BCUT2D eigenvalue weighted by molar-refractivity contribution is -0.131. The lowest BCUT2D eigenvalue weighted by Crippen LogP contribution is -2.23. The number of hydrogen-bond donors (Lipinski definition) is 1. The number of benzene rings is 1. The molecular weight excluding hydrogens is 252 g/mol. The van der Waals surface area contributed by atoms with Crippen LogP contribution in [-0.4, -0.2) is 50.2 Å². The number of anilines is 1. The third kappa shape index (κ3) is 5.45. The van der Waals surface area contributed by atoms with Crippen molar-refractivity contribution in [2.45, 2.75) is 13.3 Å². The second-order valence-corrected chi connectivity index (χ2v) is 5.30. The standard InChI is InChI=1S/C16H24N2O2/c1-13-12-14(7-9-16(19)20)6-8-15(13)18(4)11-5-10-17(2)3/h6-9,12H,5,10-11H2,1-4H3,(H,19,20). The molecule has 4 nitrogen and oxygen atoms in total. The summed E-state index contributed by atoms with van der Waals surface area (Å²) in [6.07, 6.45) is 3.89. The van der Waals surface area contributed by atoms with Crippen LogP contribution in [0.3, 0.4) is 0 Å². The highest BCUT2D eigenvalue weighted by Crippen LogP contribution is 2.21. The van der Waals surface area contributed by atoms with E-state index in [0.717, 1.165) is 36.7 Å². The summed E-state index contributed by atoms with van der Waals surface area (Å²) in [7, 11) is 6.24. The van der Waals surface area contributed by atoms with E-state index in [1.807, 2.05) is 18.2 Å². The molecule has 1 rings (SSSR count). The molecule has 1 aromatic carbocycles. The Labute approximate surface area is 121 Å². The molecule has 0 aliphatic heterocycles. The summed E-state index contributed by atoms with van der Waals surface area (Å²) in [5.74, 6) is -0.924. The zero-order valence-electron chi connectivity index (χ0n) is 12.8. The number of hydrogen-bond acceptors (Lipinski definition) is 3. The highest BCUT2D eigenvalue weighted by atomic mass is 16.4. The second-order valence-electron chi connectivity index (χ2n) is 5.30. The van der Waals surface area contributed by atoms with E-state index < -0.39 is 5.97 Å². The van der Waals surface area contributed by atoms with Crippen molar-refractivity contribution in [2.75, 3.05) is 39.1 Å². The third-order valence-electron chi connectivity index (χ3n) is 3.15. The van der Waals surface area contributed by atoms with Crippen molar-refractivity contribution in [3.8, 4) is 0 Å². The minimum Gasteiger partial charge on any atom is -0.478 e. The largest absolute Gasteiger partial charge is 0.478 e. The van der Waals surface area contributed by atoms with Crippen LogP contribution in [0.15, 0.2) is 24.3 Å². The van der Waals surface area contributed by atoms with E-state index in [0.29, 0.717) is 0 Å². The van der Waals surface area contributed by atoms with E-state index >= 15 is 0 Å². The van der Waals surface area contributed by atoms with Crippen LogP contribution in [0.5, 0.6) is 0 Å². The molecule has 0 fully saturated rings. The molecule has 1 N–H and O–H groups in total. The number of carbonyl (C=O) groups is 1.